The first-order valence-electron chi connectivity index (χ1n) is 14.5. The molecule has 10 heteroatoms. The molecule has 0 aliphatic carbocycles. The zero-order chi connectivity index (χ0) is 29.6. The summed E-state index contributed by atoms with van der Waals surface area (Å²) in [6, 6.07) is 8.94. The van der Waals surface area contributed by atoms with Gasteiger partial charge < -0.3 is 20.7 Å². The smallest absolute Gasteiger partial charge is 0.260 e. The largest absolute Gasteiger partial charge is 0.496 e. The number of methoxy groups -OCH3 is 1. The molecule has 42 heavy (non-hydrogen) atoms. The van der Waals surface area contributed by atoms with Crippen LogP contribution in [0, 0.1) is 0 Å². The van der Waals surface area contributed by atoms with E-state index < -0.39 is 0 Å². The highest BCUT2D eigenvalue weighted by molar-refractivity contribution is 6.06. The Hall–Kier alpha value is -4.73. The minimum atomic E-state index is -0.326. The van der Waals surface area contributed by atoms with Crippen LogP contribution < -0.4 is 15.8 Å². The van der Waals surface area contributed by atoms with Crippen molar-refractivity contribution in [2.45, 2.75) is 58.4 Å². The van der Waals surface area contributed by atoms with Gasteiger partial charge in [-0.15, -0.1) is 0 Å². The number of benzene rings is 1. The van der Waals surface area contributed by atoms with Crippen molar-refractivity contribution >= 4 is 29.0 Å². The second kappa shape index (κ2) is 12.8. The fourth-order valence-electron chi connectivity index (χ4n) is 5.50. The van der Waals surface area contributed by atoms with E-state index in [-0.39, 0.29) is 17.9 Å². The van der Waals surface area contributed by atoms with E-state index in [4.69, 9.17) is 15.5 Å². The number of hydrogen-bond donors (Lipinski definition) is 2. The average Bonchev–Trinajstić information content (AvgIpc) is 3.40. The van der Waals surface area contributed by atoms with Crippen LogP contribution in [0.2, 0.25) is 0 Å². The van der Waals surface area contributed by atoms with Crippen molar-refractivity contribution < 1.29 is 14.3 Å². The Labute approximate surface area is 245 Å². The Morgan fingerprint density at radius 2 is 2.00 bits per heavy atom. The van der Waals surface area contributed by atoms with Gasteiger partial charge in [0.2, 0.25) is 5.91 Å². The highest BCUT2D eigenvalue weighted by Crippen LogP contribution is 2.37. The summed E-state index contributed by atoms with van der Waals surface area (Å²) in [5, 5.41) is 2.88. The number of pyridine rings is 1. The number of amides is 2. The van der Waals surface area contributed by atoms with Crippen LogP contribution >= 0.6 is 0 Å². The fourth-order valence-corrected chi connectivity index (χ4v) is 5.50. The normalized spacial score (nSPS) is 15.3. The van der Waals surface area contributed by atoms with Gasteiger partial charge >= 0.3 is 0 Å². The van der Waals surface area contributed by atoms with E-state index >= 15 is 0 Å². The fraction of sp³-hybridized carbons (Fsp3) is 0.344. The number of nitrogens with two attached hydrogens (primary N) is 1. The van der Waals surface area contributed by atoms with Crippen LogP contribution in [0.4, 0.5) is 11.6 Å². The summed E-state index contributed by atoms with van der Waals surface area (Å²) in [5.74, 6) is 1.58. The molecule has 5 rings (SSSR count). The Morgan fingerprint density at radius 3 is 2.79 bits per heavy atom. The number of nitrogen functional groups attached to an aromatic ring is 1. The number of aromatic nitrogens is 4. The molecule has 1 fully saturated rings. The van der Waals surface area contributed by atoms with E-state index in [2.05, 4.69) is 22.2 Å². The number of rotatable bonds is 9. The van der Waals surface area contributed by atoms with E-state index in [0.29, 0.717) is 40.7 Å². The minimum absolute atomic E-state index is 0.0198. The zero-order valence-corrected chi connectivity index (χ0v) is 24.3. The van der Waals surface area contributed by atoms with E-state index in [1.807, 2.05) is 46.7 Å². The summed E-state index contributed by atoms with van der Waals surface area (Å²) in [4.78, 5) is 41.9. The minimum Gasteiger partial charge on any atom is -0.496 e. The summed E-state index contributed by atoms with van der Waals surface area (Å²) < 4.78 is 7.59. The first-order valence-corrected chi connectivity index (χ1v) is 14.5. The topological polar surface area (TPSA) is 128 Å². The summed E-state index contributed by atoms with van der Waals surface area (Å²) >= 11 is 0. The zero-order valence-electron chi connectivity index (χ0n) is 24.3. The molecule has 4 aromatic rings. The van der Waals surface area contributed by atoms with Crippen LogP contribution in [0.5, 0.6) is 5.75 Å². The second-order valence-corrected chi connectivity index (χ2v) is 10.4. The van der Waals surface area contributed by atoms with Crippen LogP contribution in [-0.4, -0.2) is 49.7 Å². The lowest BCUT2D eigenvalue weighted by atomic mass is 10.0. The van der Waals surface area contributed by atoms with E-state index in [0.717, 1.165) is 55.5 Å². The summed E-state index contributed by atoms with van der Waals surface area (Å²) in [7, 11) is 1.53. The van der Waals surface area contributed by atoms with Crippen molar-refractivity contribution in [3.05, 3.63) is 78.0 Å². The van der Waals surface area contributed by atoms with Crippen molar-refractivity contribution in [2.24, 2.45) is 0 Å². The number of anilines is 2. The first-order chi connectivity index (χ1) is 20.4. The Bertz CT molecular complexity index is 1630. The molecule has 0 saturated carbocycles. The van der Waals surface area contributed by atoms with Gasteiger partial charge in [0, 0.05) is 30.7 Å². The van der Waals surface area contributed by atoms with Crippen molar-refractivity contribution in [2.75, 3.05) is 24.7 Å². The highest BCUT2D eigenvalue weighted by atomic mass is 16.5. The standard InChI is InChI=1S/C32H37N7O3/c1-4-6-11-27(40)38-17-8-7-10-24(38)31-37-28(29-30(33)35-16-18-39(29)31)22-12-13-23(25(20-22)42-3)32(41)36-26-19-21(9-5-2)14-15-34-26/h6,11-16,18-20,24H,4-5,7-10,17H2,1-3H3,(H2,33,35)(H,34,36,41)/b11-6+. The third-order valence-electron chi connectivity index (χ3n) is 7.51. The van der Waals surface area contributed by atoms with Crippen molar-refractivity contribution in [3.8, 4) is 17.0 Å². The predicted molar refractivity (Wildman–Crippen MR) is 163 cm³/mol. The van der Waals surface area contributed by atoms with Crippen LogP contribution in [0.1, 0.15) is 73.7 Å². The van der Waals surface area contributed by atoms with Gasteiger partial charge in [0.05, 0.1) is 18.7 Å². The first kappa shape index (κ1) is 28.8. The number of allylic oxidation sites excluding steroid dienone is 1. The van der Waals surface area contributed by atoms with Crippen LogP contribution in [-0.2, 0) is 11.2 Å². The number of aryl methyl sites for hydroxylation is 1. The number of nitrogens with one attached hydrogen (secondary N) is 1. The van der Waals surface area contributed by atoms with Crippen molar-refractivity contribution in [1.82, 2.24) is 24.3 Å². The molecule has 1 unspecified atom stereocenters. The molecule has 3 aromatic heterocycles. The van der Waals surface area contributed by atoms with Gasteiger partial charge in [0.15, 0.2) is 0 Å². The van der Waals surface area contributed by atoms with E-state index in [1.165, 1.54) is 7.11 Å². The maximum absolute atomic E-state index is 13.2. The summed E-state index contributed by atoms with van der Waals surface area (Å²) in [5.41, 5.74) is 9.85. The number of hydrogen-bond acceptors (Lipinski definition) is 7. The summed E-state index contributed by atoms with van der Waals surface area (Å²) in [6.45, 7) is 4.78. The number of nitrogens with zero attached hydrogens (tertiary/aromatic N) is 5. The number of imidazole rings is 1. The lowest BCUT2D eigenvalue weighted by molar-refractivity contribution is -0.130. The Balaban J connectivity index is 1.52. The molecular weight excluding hydrogens is 530 g/mol. The van der Waals surface area contributed by atoms with Crippen molar-refractivity contribution in [1.29, 1.82) is 0 Å². The van der Waals surface area contributed by atoms with Gasteiger partial charge in [-0.25, -0.2) is 15.0 Å². The van der Waals surface area contributed by atoms with Gasteiger partial charge in [-0.05, 0) is 68.0 Å². The molecule has 1 saturated heterocycles. The Kier molecular flexibility index (Phi) is 8.80. The van der Waals surface area contributed by atoms with E-state index in [9.17, 15) is 9.59 Å². The predicted octanol–water partition coefficient (Wildman–Crippen LogP) is 5.61. The average molecular weight is 568 g/mol. The molecule has 1 atom stereocenters. The molecule has 0 bridgehead atoms. The molecular formula is C32H37N7O3. The molecule has 1 aliphatic rings. The van der Waals surface area contributed by atoms with E-state index in [1.54, 1.807) is 30.6 Å². The molecule has 1 aliphatic heterocycles. The second-order valence-electron chi connectivity index (χ2n) is 10.4. The lowest BCUT2D eigenvalue weighted by Gasteiger charge is -2.34. The third-order valence-corrected chi connectivity index (χ3v) is 7.51. The van der Waals surface area contributed by atoms with Gasteiger partial charge in [-0.2, -0.15) is 0 Å². The monoisotopic (exact) mass is 567 g/mol. The molecule has 0 spiro atoms. The molecule has 10 nitrogen and oxygen atoms in total. The van der Waals surface area contributed by atoms with Crippen LogP contribution in [0.15, 0.2) is 61.1 Å². The maximum atomic E-state index is 13.2. The lowest BCUT2D eigenvalue weighted by Crippen LogP contribution is -2.38. The number of fused-ring (bicyclic) bond motifs is 1. The quantitative estimate of drug-likeness (QED) is 0.252. The Morgan fingerprint density at radius 1 is 1.14 bits per heavy atom. The van der Waals surface area contributed by atoms with Crippen LogP contribution in [0.3, 0.4) is 0 Å². The number of carbonyl (C=O) groups is 2. The van der Waals surface area contributed by atoms with Gasteiger partial charge in [-0.3, -0.25) is 14.0 Å². The third kappa shape index (κ3) is 5.83. The number of carbonyl (C=O) groups excluding carboxylic acids is 2. The van der Waals surface area contributed by atoms with Crippen molar-refractivity contribution in [3.63, 3.8) is 0 Å². The SMILES string of the molecule is CC/C=C/C(=O)N1CCCCC1c1nc(-c2ccc(C(=O)Nc3cc(CCC)ccn3)c(OC)c2)c2c(N)nccn12. The summed E-state index contributed by atoms with van der Waals surface area (Å²) in [6.07, 6.45) is 14.1. The van der Waals surface area contributed by atoms with Gasteiger partial charge in [0.1, 0.15) is 34.4 Å². The number of likely N-dealkylation sites (tertiary alicyclic amines) is 1. The molecule has 218 valence electrons. The molecule has 2 amide bonds. The maximum Gasteiger partial charge on any atom is 0.260 e. The van der Waals surface area contributed by atoms with Gasteiger partial charge in [-0.1, -0.05) is 32.4 Å². The molecule has 4 heterocycles. The highest BCUT2D eigenvalue weighted by Gasteiger charge is 2.32. The molecule has 3 N–H and O–H groups in total. The molecule has 1 aromatic carbocycles. The number of ether oxygens (including phenoxy) is 1. The molecule has 0 radical (unpaired) electrons. The van der Waals surface area contributed by atoms with Gasteiger partial charge in [0.25, 0.3) is 5.91 Å². The van der Waals surface area contributed by atoms with Crippen LogP contribution in [0.25, 0.3) is 16.8 Å². The number of piperidine rings is 1.